The topological polar surface area (TPSA) is 133 Å². The number of nitrogens with one attached hydrogen (secondary N) is 3. The van der Waals surface area contributed by atoms with Crippen molar-refractivity contribution in [2.45, 2.75) is 51.2 Å². The lowest BCUT2D eigenvalue weighted by atomic mass is 9.69. The average Bonchev–Trinajstić information content (AvgIpc) is 2.79. The number of hydrogen-bond acceptors (Lipinski definition) is 6. The van der Waals surface area contributed by atoms with Gasteiger partial charge in [-0.25, -0.2) is 10.2 Å². The van der Waals surface area contributed by atoms with Gasteiger partial charge in [-0.2, -0.15) is 10.4 Å². The number of nitrogens with zero attached hydrogens (tertiary/aromatic N) is 2. The Morgan fingerprint density at radius 2 is 2.00 bits per heavy atom. The van der Waals surface area contributed by atoms with Gasteiger partial charge >= 0.3 is 17.9 Å². The third-order valence-electron chi connectivity index (χ3n) is 6.49. The van der Waals surface area contributed by atoms with E-state index in [0.29, 0.717) is 29.7 Å². The predicted octanol–water partition coefficient (Wildman–Crippen LogP) is 2.58. The number of rotatable bonds is 4. The molecule has 1 aromatic carbocycles. The highest BCUT2D eigenvalue weighted by atomic mass is 79.9. The molecule has 1 aliphatic carbocycles. The molecule has 32 heavy (non-hydrogen) atoms. The van der Waals surface area contributed by atoms with Gasteiger partial charge < -0.3 is 15.4 Å². The SMILES string of the molecule is CNC(=O)C(=O)N[C@@H](C)[C@H](C)C1CCC2(CC1)OC(=O)NN=C2c1cc(C#N)ccc1Br. The predicted molar refractivity (Wildman–Crippen MR) is 121 cm³/mol. The molecule has 1 spiro atoms. The maximum absolute atomic E-state index is 12.1. The summed E-state index contributed by atoms with van der Waals surface area (Å²) in [4.78, 5) is 35.5. The number of ether oxygens (including phenoxy) is 1. The Morgan fingerprint density at radius 3 is 2.62 bits per heavy atom. The van der Waals surface area contributed by atoms with Gasteiger partial charge in [-0.3, -0.25) is 9.59 Å². The number of amides is 3. The summed E-state index contributed by atoms with van der Waals surface area (Å²) < 4.78 is 6.56. The molecule has 0 aromatic heterocycles. The van der Waals surface area contributed by atoms with E-state index in [0.717, 1.165) is 17.3 Å². The van der Waals surface area contributed by atoms with Gasteiger partial charge in [0.2, 0.25) is 0 Å². The van der Waals surface area contributed by atoms with E-state index in [4.69, 9.17) is 4.74 Å². The third kappa shape index (κ3) is 4.78. The monoisotopic (exact) mass is 503 g/mol. The summed E-state index contributed by atoms with van der Waals surface area (Å²) in [5.41, 5.74) is 3.30. The molecule has 3 amide bonds. The molecule has 1 fully saturated rings. The molecule has 10 heteroatoms. The minimum absolute atomic E-state index is 0.118. The molecule has 170 valence electrons. The molecule has 3 rings (SSSR count). The molecular weight excluding hydrogens is 478 g/mol. The summed E-state index contributed by atoms with van der Waals surface area (Å²) in [5.74, 6) is -0.931. The zero-order chi connectivity index (χ0) is 23.5. The van der Waals surface area contributed by atoms with Crippen molar-refractivity contribution < 1.29 is 19.1 Å². The summed E-state index contributed by atoms with van der Waals surface area (Å²) in [6.45, 7) is 3.94. The number of halogens is 1. The summed E-state index contributed by atoms with van der Waals surface area (Å²) in [5, 5.41) is 18.7. The maximum atomic E-state index is 12.1. The molecule has 1 saturated carbocycles. The summed E-state index contributed by atoms with van der Waals surface area (Å²) in [6, 6.07) is 7.16. The molecule has 1 heterocycles. The zero-order valence-corrected chi connectivity index (χ0v) is 19.8. The van der Waals surface area contributed by atoms with Gasteiger partial charge in [0.15, 0.2) is 5.60 Å². The highest BCUT2D eigenvalue weighted by molar-refractivity contribution is 9.10. The summed E-state index contributed by atoms with van der Waals surface area (Å²) in [7, 11) is 1.42. The second-order valence-corrected chi connectivity index (χ2v) is 9.15. The van der Waals surface area contributed by atoms with Gasteiger partial charge in [0.25, 0.3) is 0 Å². The minimum atomic E-state index is -0.885. The maximum Gasteiger partial charge on any atom is 0.428 e. The van der Waals surface area contributed by atoms with Crippen molar-refractivity contribution in [1.82, 2.24) is 16.1 Å². The van der Waals surface area contributed by atoms with Crippen molar-refractivity contribution in [2.24, 2.45) is 16.9 Å². The molecule has 1 aromatic rings. The fourth-order valence-corrected chi connectivity index (χ4v) is 4.87. The van der Waals surface area contributed by atoms with E-state index >= 15 is 0 Å². The van der Waals surface area contributed by atoms with Crippen LogP contribution in [-0.4, -0.2) is 42.3 Å². The molecule has 2 aliphatic rings. The molecule has 0 unspecified atom stereocenters. The second-order valence-electron chi connectivity index (χ2n) is 8.30. The summed E-state index contributed by atoms with van der Waals surface area (Å²) >= 11 is 3.52. The molecule has 1 aliphatic heterocycles. The number of likely N-dealkylation sites (N-methyl/N-ethyl adjacent to an activating group) is 1. The highest BCUT2D eigenvalue weighted by Crippen LogP contribution is 2.43. The molecular formula is C22H26BrN5O4. The largest absolute Gasteiger partial charge is 0.435 e. The van der Waals surface area contributed by atoms with E-state index in [1.54, 1.807) is 18.2 Å². The van der Waals surface area contributed by atoms with Gasteiger partial charge in [-0.1, -0.05) is 22.9 Å². The van der Waals surface area contributed by atoms with Crippen molar-refractivity contribution in [2.75, 3.05) is 7.05 Å². The molecule has 0 saturated heterocycles. The Bertz CT molecular complexity index is 995. The quantitative estimate of drug-likeness (QED) is 0.543. The van der Waals surface area contributed by atoms with E-state index in [1.807, 2.05) is 13.8 Å². The lowest BCUT2D eigenvalue weighted by Crippen LogP contribution is -2.53. The second kappa shape index (κ2) is 9.69. The van der Waals surface area contributed by atoms with Crippen LogP contribution in [0, 0.1) is 23.2 Å². The number of benzene rings is 1. The first-order valence-electron chi connectivity index (χ1n) is 10.5. The number of carbonyl (C=O) groups excluding carboxylic acids is 3. The van der Waals surface area contributed by atoms with E-state index in [-0.39, 0.29) is 17.9 Å². The Hall–Kier alpha value is -2.93. The van der Waals surface area contributed by atoms with Crippen LogP contribution in [0.2, 0.25) is 0 Å². The van der Waals surface area contributed by atoms with E-state index in [2.05, 4.69) is 43.2 Å². The van der Waals surface area contributed by atoms with Crippen molar-refractivity contribution in [3.63, 3.8) is 0 Å². The Balaban J connectivity index is 1.77. The molecule has 0 radical (unpaired) electrons. The van der Waals surface area contributed by atoms with Crippen LogP contribution < -0.4 is 16.1 Å². The van der Waals surface area contributed by atoms with Gasteiger partial charge in [0.1, 0.15) is 5.71 Å². The van der Waals surface area contributed by atoms with Crippen molar-refractivity contribution in [1.29, 1.82) is 5.26 Å². The van der Waals surface area contributed by atoms with Crippen LogP contribution in [0.15, 0.2) is 27.8 Å². The van der Waals surface area contributed by atoms with Gasteiger partial charge in [-0.15, -0.1) is 0 Å². The zero-order valence-electron chi connectivity index (χ0n) is 18.2. The van der Waals surface area contributed by atoms with E-state index in [9.17, 15) is 19.6 Å². The van der Waals surface area contributed by atoms with E-state index in [1.165, 1.54) is 7.05 Å². The lowest BCUT2D eigenvalue weighted by Gasteiger charge is -2.44. The van der Waals surface area contributed by atoms with Crippen molar-refractivity contribution >= 4 is 39.5 Å². The summed E-state index contributed by atoms with van der Waals surface area (Å²) in [6.07, 6.45) is 2.03. The fourth-order valence-electron chi connectivity index (χ4n) is 4.43. The van der Waals surface area contributed by atoms with Crippen LogP contribution >= 0.6 is 15.9 Å². The Morgan fingerprint density at radius 1 is 1.31 bits per heavy atom. The van der Waals surface area contributed by atoms with Crippen LogP contribution in [0.5, 0.6) is 0 Å². The van der Waals surface area contributed by atoms with Gasteiger partial charge in [0.05, 0.1) is 11.6 Å². The van der Waals surface area contributed by atoms with Crippen molar-refractivity contribution in [3.05, 3.63) is 33.8 Å². The molecule has 3 N–H and O–H groups in total. The van der Waals surface area contributed by atoms with Crippen LogP contribution in [0.4, 0.5) is 4.79 Å². The molecule has 2 atom stereocenters. The van der Waals surface area contributed by atoms with E-state index < -0.39 is 23.5 Å². The Kier molecular flexibility index (Phi) is 7.19. The number of carbonyl (C=O) groups is 3. The van der Waals surface area contributed by atoms with Gasteiger partial charge in [0, 0.05) is 23.1 Å². The van der Waals surface area contributed by atoms with Crippen LogP contribution in [0.3, 0.4) is 0 Å². The van der Waals surface area contributed by atoms with Crippen LogP contribution in [0.1, 0.15) is 50.7 Å². The average molecular weight is 504 g/mol. The first kappa shape index (κ1) is 23.7. The highest BCUT2D eigenvalue weighted by Gasteiger charge is 2.47. The third-order valence-corrected chi connectivity index (χ3v) is 7.18. The smallest absolute Gasteiger partial charge is 0.428 e. The number of hydrogen-bond donors (Lipinski definition) is 3. The lowest BCUT2D eigenvalue weighted by molar-refractivity contribution is -0.139. The first-order valence-corrected chi connectivity index (χ1v) is 11.3. The standard InChI is InChI=1S/C22H26BrN5O4/c1-12(13(2)26-20(30)19(29)25-3)15-6-8-22(9-7-15)18(27-28-21(31)32-22)16-10-14(11-24)4-5-17(16)23/h4-5,10,12-13,15H,6-9H2,1-3H3,(H,25,29)(H,26,30)(H,28,31)/t12-,13-,15?,22?/m0/s1. The normalized spacial score (nSPS) is 24.3. The fraction of sp³-hybridized carbons (Fsp3) is 0.500. The van der Waals surface area contributed by atoms with Crippen LogP contribution in [-0.2, 0) is 14.3 Å². The number of nitriles is 1. The molecule has 0 bridgehead atoms. The van der Waals surface area contributed by atoms with Crippen molar-refractivity contribution in [3.8, 4) is 6.07 Å². The first-order chi connectivity index (χ1) is 15.2. The minimum Gasteiger partial charge on any atom is -0.435 e. The van der Waals surface area contributed by atoms with Gasteiger partial charge in [-0.05, 0) is 62.6 Å². The molecule has 9 nitrogen and oxygen atoms in total. The Labute approximate surface area is 195 Å². The van der Waals surface area contributed by atoms with Crippen LogP contribution in [0.25, 0.3) is 0 Å². The number of hydrazone groups is 1.